The molecule has 2 saturated carbocycles. The molecule has 6 nitrogen and oxygen atoms in total. The number of methoxy groups -OCH3 is 1. The molecule has 1 heterocycles. The number of cyclic esters (lactones) is 1. The van der Waals surface area contributed by atoms with E-state index in [-0.39, 0.29) is 18.1 Å². The molecular weight excluding hydrogens is 456 g/mol. The highest BCUT2D eigenvalue weighted by Gasteiger charge is 2.57. The Kier molecular flexibility index (Phi) is 6.48. The molecule has 0 N–H and O–H groups in total. The molecule has 0 unspecified atom stereocenters. The van der Waals surface area contributed by atoms with Crippen molar-refractivity contribution in [3.8, 4) is 23.0 Å². The van der Waals surface area contributed by atoms with Gasteiger partial charge in [0.05, 0.1) is 12.5 Å². The Labute approximate surface area is 213 Å². The Balaban J connectivity index is 1.52. The van der Waals surface area contributed by atoms with Crippen molar-refractivity contribution in [2.75, 3.05) is 7.11 Å². The minimum absolute atomic E-state index is 0.0156. The second-order valence-corrected chi connectivity index (χ2v) is 11.2. The van der Waals surface area contributed by atoms with Gasteiger partial charge in [-0.15, -0.1) is 0 Å². The number of benzene rings is 2. The maximum absolute atomic E-state index is 13.5. The first-order valence-corrected chi connectivity index (χ1v) is 13.1. The monoisotopic (exact) mass is 492 g/mol. The fourth-order valence-corrected chi connectivity index (χ4v) is 6.37. The van der Waals surface area contributed by atoms with Gasteiger partial charge in [-0.1, -0.05) is 19.9 Å². The summed E-state index contributed by atoms with van der Waals surface area (Å²) in [6.45, 7) is 8.33. The molecule has 0 aromatic heterocycles. The van der Waals surface area contributed by atoms with Crippen molar-refractivity contribution in [2.24, 2.45) is 23.2 Å². The summed E-state index contributed by atoms with van der Waals surface area (Å²) in [6, 6.07) is 7.45. The van der Waals surface area contributed by atoms with Crippen LogP contribution >= 0.6 is 0 Å². The van der Waals surface area contributed by atoms with Crippen LogP contribution in [0.25, 0.3) is 0 Å². The van der Waals surface area contributed by atoms with Gasteiger partial charge < -0.3 is 18.9 Å². The van der Waals surface area contributed by atoms with E-state index in [0.717, 1.165) is 49.7 Å². The lowest BCUT2D eigenvalue weighted by Gasteiger charge is -2.28. The van der Waals surface area contributed by atoms with Gasteiger partial charge in [0.2, 0.25) is 0 Å². The first-order valence-electron chi connectivity index (χ1n) is 13.1. The van der Waals surface area contributed by atoms with Gasteiger partial charge in [-0.3, -0.25) is 4.79 Å². The summed E-state index contributed by atoms with van der Waals surface area (Å²) in [4.78, 5) is 26.6. The minimum Gasteiger partial charge on any atom is -0.495 e. The Bertz CT molecular complexity index is 1180. The van der Waals surface area contributed by atoms with Crippen LogP contribution < -0.4 is 14.2 Å². The van der Waals surface area contributed by atoms with Crippen LogP contribution in [0, 0.1) is 30.1 Å². The first kappa shape index (κ1) is 24.7. The lowest BCUT2D eigenvalue weighted by atomic mass is 9.80. The van der Waals surface area contributed by atoms with Crippen LogP contribution in [0.15, 0.2) is 24.3 Å². The highest BCUT2D eigenvalue weighted by molar-refractivity contribution is 5.96. The maximum atomic E-state index is 13.5. The summed E-state index contributed by atoms with van der Waals surface area (Å²) in [7, 11) is 1.56. The van der Waals surface area contributed by atoms with E-state index in [4.69, 9.17) is 18.9 Å². The summed E-state index contributed by atoms with van der Waals surface area (Å²) in [5, 5.41) is 0. The highest BCUT2D eigenvalue weighted by Crippen LogP contribution is 2.58. The lowest BCUT2D eigenvalue weighted by molar-refractivity contribution is -0.147. The number of rotatable bonds is 6. The molecule has 6 heteroatoms. The summed E-state index contributed by atoms with van der Waals surface area (Å²) in [5.41, 5.74) is 2.31. The maximum Gasteiger partial charge on any atom is 0.346 e. The largest absolute Gasteiger partial charge is 0.495 e. The van der Waals surface area contributed by atoms with E-state index in [2.05, 4.69) is 20.8 Å². The van der Waals surface area contributed by atoms with Gasteiger partial charge in [0.25, 0.3) is 0 Å². The van der Waals surface area contributed by atoms with Crippen LogP contribution in [0.2, 0.25) is 0 Å². The van der Waals surface area contributed by atoms with E-state index in [1.54, 1.807) is 13.2 Å². The summed E-state index contributed by atoms with van der Waals surface area (Å²) >= 11 is 0. The smallest absolute Gasteiger partial charge is 0.346 e. The molecule has 2 aliphatic carbocycles. The second kappa shape index (κ2) is 9.45. The zero-order valence-corrected chi connectivity index (χ0v) is 21.9. The Morgan fingerprint density at radius 3 is 2.47 bits per heavy atom. The van der Waals surface area contributed by atoms with Crippen LogP contribution in [-0.2, 0) is 22.6 Å². The number of ether oxygens (including phenoxy) is 4. The molecule has 3 aliphatic rings. The van der Waals surface area contributed by atoms with Gasteiger partial charge in [-0.05, 0) is 99.5 Å². The fraction of sp³-hybridized carbons (Fsp3) is 0.533. The minimum atomic E-state index is -0.492. The van der Waals surface area contributed by atoms with Crippen LogP contribution in [-0.4, -0.2) is 19.0 Å². The molecule has 2 aromatic rings. The Morgan fingerprint density at radius 2 is 1.83 bits per heavy atom. The number of fused-ring (bicyclic) bond motifs is 4. The number of carbonyl (C=O) groups excluding carboxylic acids is 2. The lowest BCUT2D eigenvalue weighted by Crippen LogP contribution is -2.36. The van der Waals surface area contributed by atoms with Crippen molar-refractivity contribution in [1.29, 1.82) is 0 Å². The number of esters is 2. The van der Waals surface area contributed by atoms with Crippen LogP contribution in [0.5, 0.6) is 23.0 Å². The summed E-state index contributed by atoms with van der Waals surface area (Å²) < 4.78 is 23.9. The summed E-state index contributed by atoms with van der Waals surface area (Å²) in [5.74, 6) is 2.17. The Morgan fingerprint density at radius 1 is 1.14 bits per heavy atom. The molecular formula is C30H36O6. The van der Waals surface area contributed by atoms with E-state index >= 15 is 0 Å². The molecule has 5 rings (SSSR count). The van der Waals surface area contributed by atoms with Crippen molar-refractivity contribution in [1.82, 2.24) is 0 Å². The molecule has 0 saturated heterocycles. The quantitative estimate of drug-likeness (QED) is 0.327. The normalized spacial score (nSPS) is 24.3. The fourth-order valence-electron chi connectivity index (χ4n) is 6.37. The molecule has 2 fully saturated rings. The van der Waals surface area contributed by atoms with Gasteiger partial charge in [0.1, 0.15) is 23.7 Å². The van der Waals surface area contributed by atoms with Crippen LogP contribution in [0.4, 0.5) is 0 Å². The van der Waals surface area contributed by atoms with Gasteiger partial charge in [-0.2, -0.15) is 0 Å². The average molecular weight is 493 g/mol. The summed E-state index contributed by atoms with van der Waals surface area (Å²) in [6.07, 6.45) is 6.08. The van der Waals surface area contributed by atoms with Gasteiger partial charge >= 0.3 is 11.9 Å². The molecule has 0 atom stereocenters. The molecule has 0 amide bonds. The SMILES string of the molecule is COc1c(CCC(C)C)ccc2c1C(=O)OCc1cc(C)cc(OC(=O)C3(C)C4CCC3CC4)c1O2. The number of hydrogen-bond acceptors (Lipinski definition) is 6. The average Bonchev–Trinajstić information content (AvgIpc) is 3.34. The number of carbonyl (C=O) groups is 2. The van der Waals surface area contributed by atoms with E-state index < -0.39 is 11.4 Å². The third-order valence-corrected chi connectivity index (χ3v) is 8.51. The zero-order valence-electron chi connectivity index (χ0n) is 21.9. The van der Waals surface area contributed by atoms with Crippen molar-refractivity contribution >= 4 is 11.9 Å². The zero-order chi connectivity index (χ0) is 25.6. The second-order valence-electron chi connectivity index (χ2n) is 11.2. The van der Waals surface area contributed by atoms with E-state index in [9.17, 15) is 9.59 Å². The predicted octanol–water partition coefficient (Wildman–Crippen LogP) is 6.79. The molecule has 192 valence electrons. The number of hydrogen-bond donors (Lipinski definition) is 0. The van der Waals surface area contributed by atoms with Gasteiger partial charge in [0, 0.05) is 5.56 Å². The third kappa shape index (κ3) is 4.14. The van der Waals surface area contributed by atoms with E-state index in [1.807, 2.05) is 25.1 Å². The van der Waals surface area contributed by atoms with Gasteiger partial charge in [0.15, 0.2) is 11.5 Å². The van der Waals surface area contributed by atoms with Crippen LogP contribution in [0.3, 0.4) is 0 Å². The predicted molar refractivity (Wildman–Crippen MR) is 136 cm³/mol. The molecule has 36 heavy (non-hydrogen) atoms. The third-order valence-electron chi connectivity index (χ3n) is 8.51. The van der Waals surface area contributed by atoms with Crippen molar-refractivity contribution in [3.63, 3.8) is 0 Å². The number of aryl methyl sites for hydroxylation is 2. The topological polar surface area (TPSA) is 71.1 Å². The standard InChI is InChI=1S/C30H36O6/c1-17(2)6-7-19-8-13-23-25(27(19)33-5)28(31)34-16-20-14-18(3)15-24(26(20)35-23)36-29(32)30(4)21-9-10-22(30)12-11-21/h8,13-15,17,21-22H,6-7,9-12,16H2,1-5H3. The van der Waals surface area contributed by atoms with Gasteiger partial charge in [-0.25, -0.2) is 4.79 Å². The molecule has 2 aromatic carbocycles. The Hall–Kier alpha value is -3.02. The molecule has 0 radical (unpaired) electrons. The molecule has 2 bridgehead atoms. The first-order chi connectivity index (χ1) is 17.2. The molecule has 1 aliphatic heterocycles. The highest BCUT2D eigenvalue weighted by atomic mass is 16.6. The van der Waals surface area contributed by atoms with Crippen LogP contribution in [0.1, 0.15) is 79.9 Å². The van der Waals surface area contributed by atoms with Crippen molar-refractivity contribution in [3.05, 3.63) is 46.5 Å². The van der Waals surface area contributed by atoms with Crippen molar-refractivity contribution < 1.29 is 28.5 Å². The van der Waals surface area contributed by atoms with E-state index in [0.29, 0.717) is 46.3 Å². The van der Waals surface area contributed by atoms with E-state index in [1.165, 1.54) is 0 Å². The van der Waals surface area contributed by atoms with Crippen molar-refractivity contribution in [2.45, 2.75) is 72.8 Å². The molecule has 0 spiro atoms.